The molecule has 1 aromatic rings. The highest BCUT2D eigenvalue weighted by molar-refractivity contribution is 7.09. The first kappa shape index (κ1) is 14.2. The fraction of sp³-hybridized carbons (Fsp3) is 0.824. The summed E-state index contributed by atoms with van der Waals surface area (Å²) in [5, 5.41) is 7.02. The molecule has 0 aliphatic heterocycles. The van der Waals surface area contributed by atoms with Gasteiger partial charge in [-0.1, -0.05) is 0 Å². The van der Waals surface area contributed by atoms with Crippen LogP contribution in [0.3, 0.4) is 0 Å². The van der Waals surface area contributed by atoms with Gasteiger partial charge in [0, 0.05) is 31.0 Å². The van der Waals surface area contributed by atoms with Gasteiger partial charge in [-0.15, -0.1) is 11.3 Å². The van der Waals surface area contributed by atoms with Crippen LogP contribution < -0.4 is 5.32 Å². The molecule has 0 amide bonds. The predicted octanol–water partition coefficient (Wildman–Crippen LogP) is 3.35. The topological polar surface area (TPSA) is 34.1 Å². The van der Waals surface area contributed by atoms with Crippen molar-refractivity contribution >= 4 is 11.3 Å². The lowest BCUT2D eigenvalue weighted by Gasteiger charge is -2.56. The van der Waals surface area contributed by atoms with E-state index in [-0.39, 0.29) is 0 Å². The second-order valence-corrected chi connectivity index (χ2v) is 8.44. The number of ether oxygens (including phenoxy) is 1. The van der Waals surface area contributed by atoms with Gasteiger partial charge in [0.25, 0.3) is 0 Å². The Hall–Kier alpha value is -0.450. The first-order valence-electron chi connectivity index (χ1n) is 8.42. The summed E-state index contributed by atoms with van der Waals surface area (Å²) in [6.45, 7) is 2.57. The molecule has 4 saturated carbocycles. The zero-order valence-electron chi connectivity index (χ0n) is 12.9. The molecule has 1 N–H and O–H groups in total. The lowest BCUT2D eigenvalue weighted by molar-refractivity contribution is -0.00698. The van der Waals surface area contributed by atoms with Crippen LogP contribution >= 0.6 is 11.3 Å². The van der Waals surface area contributed by atoms with E-state index in [4.69, 9.17) is 9.72 Å². The lowest BCUT2D eigenvalue weighted by atomic mass is 9.49. The Bertz CT molecular complexity index is 463. The molecule has 1 heterocycles. The summed E-state index contributed by atoms with van der Waals surface area (Å²) >= 11 is 1.84. The third-order valence-corrected chi connectivity index (χ3v) is 6.74. The number of nitrogens with one attached hydrogen (secondary N) is 1. The average Bonchev–Trinajstić information content (AvgIpc) is 2.92. The fourth-order valence-corrected chi connectivity index (χ4v) is 6.32. The number of thiazole rings is 1. The van der Waals surface area contributed by atoms with E-state index in [1.54, 1.807) is 7.11 Å². The first-order valence-corrected chi connectivity index (χ1v) is 9.30. The molecule has 4 heteroatoms. The van der Waals surface area contributed by atoms with Crippen molar-refractivity contribution in [3.05, 3.63) is 16.1 Å². The van der Waals surface area contributed by atoms with Gasteiger partial charge in [0.05, 0.1) is 12.3 Å². The van der Waals surface area contributed by atoms with Gasteiger partial charge in [-0.2, -0.15) is 0 Å². The molecule has 0 atom stereocenters. The van der Waals surface area contributed by atoms with Crippen molar-refractivity contribution in [1.29, 1.82) is 0 Å². The van der Waals surface area contributed by atoms with E-state index >= 15 is 0 Å². The Kier molecular flexibility index (Phi) is 3.80. The van der Waals surface area contributed by atoms with Gasteiger partial charge < -0.3 is 10.1 Å². The van der Waals surface area contributed by atoms with Crippen molar-refractivity contribution in [2.24, 2.45) is 17.8 Å². The summed E-state index contributed by atoms with van der Waals surface area (Å²) in [6, 6.07) is 0. The van der Waals surface area contributed by atoms with Crippen molar-refractivity contribution in [3.8, 4) is 0 Å². The van der Waals surface area contributed by atoms with Crippen LogP contribution in [0.25, 0.3) is 0 Å². The maximum Gasteiger partial charge on any atom is 0.107 e. The zero-order chi connectivity index (χ0) is 14.3. The lowest BCUT2D eigenvalue weighted by Crippen LogP contribution is -2.48. The van der Waals surface area contributed by atoms with Crippen LogP contribution in [0.4, 0.5) is 0 Å². The van der Waals surface area contributed by atoms with Crippen molar-refractivity contribution in [2.45, 2.75) is 50.5 Å². The van der Waals surface area contributed by atoms with Gasteiger partial charge in [-0.05, 0) is 56.3 Å². The highest BCUT2D eigenvalue weighted by atomic mass is 32.1. The van der Waals surface area contributed by atoms with Crippen LogP contribution in [-0.2, 0) is 16.7 Å². The minimum absolute atomic E-state index is 0.454. The van der Waals surface area contributed by atoms with E-state index in [0.29, 0.717) is 5.41 Å². The summed E-state index contributed by atoms with van der Waals surface area (Å²) in [5.74, 6) is 3.00. The molecular weight excluding hydrogens is 280 g/mol. The third kappa shape index (κ3) is 2.66. The van der Waals surface area contributed by atoms with Gasteiger partial charge in [0.2, 0.25) is 0 Å². The standard InChI is InChI=1S/C17H26N2OS/c1-20-3-2-18-10-16-19-15(11-21-16)17-7-12-4-13(8-17)6-14(5-12)9-17/h11-14,18H,2-10H2,1H3. The van der Waals surface area contributed by atoms with Crippen LogP contribution in [0, 0.1) is 17.8 Å². The minimum Gasteiger partial charge on any atom is -0.383 e. The van der Waals surface area contributed by atoms with Crippen LogP contribution in [0.1, 0.15) is 49.2 Å². The number of rotatable bonds is 6. The normalized spacial score (nSPS) is 37.3. The molecular formula is C17H26N2OS. The average molecular weight is 306 g/mol. The molecule has 0 unspecified atom stereocenters. The molecule has 5 rings (SSSR count). The molecule has 4 aliphatic rings. The Morgan fingerprint density at radius 2 is 1.90 bits per heavy atom. The Morgan fingerprint density at radius 1 is 1.24 bits per heavy atom. The van der Waals surface area contributed by atoms with E-state index in [1.165, 1.54) is 49.2 Å². The number of aromatic nitrogens is 1. The molecule has 4 aliphatic carbocycles. The Morgan fingerprint density at radius 3 is 2.52 bits per heavy atom. The second-order valence-electron chi connectivity index (χ2n) is 7.49. The molecule has 0 aromatic carbocycles. The van der Waals surface area contributed by atoms with Crippen molar-refractivity contribution in [1.82, 2.24) is 10.3 Å². The molecule has 0 spiro atoms. The summed E-state index contributed by atoms with van der Waals surface area (Å²) in [4.78, 5) is 5.01. The molecule has 21 heavy (non-hydrogen) atoms. The largest absolute Gasteiger partial charge is 0.383 e. The van der Waals surface area contributed by atoms with E-state index in [0.717, 1.165) is 37.5 Å². The van der Waals surface area contributed by atoms with E-state index < -0.39 is 0 Å². The highest BCUT2D eigenvalue weighted by Gasteiger charge is 2.52. The van der Waals surface area contributed by atoms with Crippen LogP contribution in [0.15, 0.2) is 5.38 Å². The summed E-state index contributed by atoms with van der Waals surface area (Å²) in [5.41, 5.74) is 1.88. The van der Waals surface area contributed by atoms with E-state index in [2.05, 4.69) is 10.7 Å². The van der Waals surface area contributed by atoms with Crippen LogP contribution in [0.5, 0.6) is 0 Å². The van der Waals surface area contributed by atoms with Gasteiger partial charge in [-0.3, -0.25) is 0 Å². The first-order chi connectivity index (χ1) is 10.3. The molecule has 116 valence electrons. The molecule has 3 nitrogen and oxygen atoms in total. The second kappa shape index (κ2) is 5.64. The number of hydrogen-bond acceptors (Lipinski definition) is 4. The molecule has 0 radical (unpaired) electrons. The maximum atomic E-state index is 5.07. The van der Waals surface area contributed by atoms with Crippen molar-refractivity contribution < 1.29 is 4.74 Å². The molecule has 4 bridgehead atoms. The van der Waals surface area contributed by atoms with Crippen molar-refractivity contribution in [3.63, 3.8) is 0 Å². The van der Waals surface area contributed by atoms with Crippen LogP contribution in [-0.4, -0.2) is 25.2 Å². The number of methoxy groups -OCH3 is 1. The SMILES string of the molecule is COCCNCc1nc(C23CC4CC(CC(C4)C2)C3)cs1. The van der Waals surface area contributed by atoms with E-state index in [1.807, 2.05) is 11.3 Å². The molecule has 1 aromatic heterocycles. The summed E-state index contributed by atoms with van der Waals surface area (Å²) in [7, 11) is 1.75. The van der Waals surface area contributed by atoms with Gasteiger partial charge in [0.15, 0.2) is 0 Å². The highest BCUT2D eigenvalue weighted by Crippen LogP contribution is 2.60. The monoisotopic (exact) mass is 306 g/mol. The zero-order valence-corrected chi connectivity index (χ0v) is 13.8. The predicted molar refractivity (Wildman–Crippen MR) is 85.5 cm³/mol. The Balaban J connectivity index is 1.45. The molecule has 4 fully saturated rings. The number of nitrogens with zero attached hydrogens (tertiary/aromatic N) is 1. The van der Waals surface area contributed by atoms with E-state index in [9.17, 15) is 0 Å². The molecule has 0 saturated heterocycles. The number of hydrogen-bond donors (Lipinski definition) is 1. The quantitative estimate of drug-likeness (QED) is 0.819. The summed E-state index contributed by atoms with van der Waals surface area (Å²) in [6.07, 6.45) is 8.77. The maximum absolute atomic E-state index is 5.07. The Labute approximate surface area is 131 Å². The smallest absolute Gasteiger partial charge is 0.107 e. The fourth-order valence-electron chi connectivity index (χ4n) is 5.43. The van der Waals surface area contributed by atoms with Gasteiger partial charge in [0.1, 0.15) is 5.01 Å². The minimum atomic E-state index is 0.454. The van der Waals surface area contributed by atoms with Crippen molar-refractivity contribution in [2.75, 3.05) is 20.3 Å². The summed E-state index contributed by atoms with van der Waals surface area (Å²) < 4.78 is 5.07. The van der Waals surface area contributed by atoms with Crippen LogP contribution in [0.2, 0.25) is 0 Å². The van der Waals surface area contributed by atoms with Gasteiger partial charge >= 0.3 is 0 Å². The van der Waals surface area contributed by atoms with Gasteiger partial charge in [-0.25, -0.2) is 4.98 Å². The third-order valence-electron chi connectivity index (χ3n) is 5.89.